The van der Waals surface area contributed by atoms with Gasteiger partial charge in [0.05, 0.1) is 23.7 Å². The molecule has 0 amide bonds. The lowest BCUT2D eigenvalue weighted by Crippen LogP contribution is -2.12. The van der Waals surface area contributed by atoms with Gasteiger partial charge in [-0.25, -0.2) is 17.9 Å². The summed E-state index contributed by atoms with van der Waals surface area (Å²) in [5.41, 5.74) is 0.246. The van der Waals surface area contributed by atoms with Crippen molar-refractivity contribution in [3.8, 4) is 0 Å². The summed E-state index contributed by atoms with van der Waals surface area (Å²) < 4.78 is 24.0. The van der Waals surface area contributed by atoms with Crippen LogP contribution in [-0.4, -0.2) is 46.0 Å². The highest BCUT2D eigenvalue weighted by Crippen LogP contribution is 2.12. The number of sulfone groups is 1. The number of carbonyl (C=O) groups is 1. The average Bonchev–Trinajstić information content (AvgIpc) is 2.49. The van der Waals surface area contributed by atoms with Crippen molar-refractivity contribution in [1.29, 1.82) is 0 Å². The zero-order chi connectivity index (χ0) is 11.1. The van der Waals surface area contributed by atoms with Crippen LogP contribution in [0.5, 0.6) is 0 Å². The smallest absolute Gasteiger partial charge is 0.358 e. The number of carboxylic acid groups (broad SMARTS) is 1. The maximum absolute atomic E-state index is 11.3. The van der Waals surface area contributed by atoms with E-state index in [0.717, 1.165) is 0 Å². The first-order valence-corrected chi connectivity index (χ1v) is 6.18. The van der Waals surface area contributed by atoms with Crippen LogP contribution in [0.1, 0.15) is 16.2 Å². The van der Waals surface area contributed by atoms with E-state index in [0.29, 0.717) is 5.69 Å². The molecule has 1 aliphatic heterocycles. The molecule has 1 aromatic heterocycles. The second kappa shape index (κ2) is 3.30. The Balaban J connectivity index is 2.41. The van der Waals surface area contributed by atoms with Crippen molar-refractivity contribution in [2.75, 3.05) is 11.5 Å². The number of fused-ring (bicyclic) bond motifs is 1. The van der Waals surface area contributed by atoms with Crippen molar-refractivity contribution in [1.82, 2.24) is 15.0 Å². The minimum Gasteiger partial charge on any atom is -0.476 e. The summed E-state index contributed by atoms with van der Waals surface area (Å²) in [5, 5.41) is 15.9. The first-order valence-electron chi connectivity index (χ1n) is 4.36. The van der Waals surface area contributed by atoms with Crippen LogP contribution in [0.25, 0.3) is 0 Å². The van der Waals surface area contributed by atoms with Crippen molar-refractivity contribution in [2.24, 2.45) is 0 Å². The summed E-state index contributed by atoms with van der Waals surface area (Å²) in [4.78, 5) is 10.7. The van der Waals surface area contributed by atoms with E-state index in [2.05, 4.69) is 10.3 Å². The molecule has 0 radical (unpaired) electrons. The molecule has 1 N–H and O–H groups in total. The van der Waals surface area contributed by atoms with Gasteiger partial charge in [-0.05, 0) is 0 Å². The predicted molar refractivity (Wildman–Crippen MR) is 49.3 cm³/mol. The number of nitrogens with zero attached hydrogens (tertiary/aromatic N) is 3. The van der Waals surface area contributed by atoms with Crippen LogP contribution >= 0.6 is 0 Å². The number of aryl methyl sites for hydroxylation is 1. The van der Waals surface area contributed by atoms with E-state index >= 15 is 0 Å². The number of hydrogen-bond acceptors (Lipinski definition) is 5. The van der Waals surface area contributed by atoms with Crippen molar-refractivity contribution in [3.05, 3.63) is 11.4 Å². The Morgan fingerprint density at radius 1 is 1.40 bits per heavy atom. The molecule has 1 aromatic rings. The fraction of sp³-hybridized carbons (Fsp3) is 0.571. The molecule has 2 rings (SSSR count). The molecule has 0 aromatic carbocycles. The highest BCUT2D eigenvalue weighted by Gasteiger charge is 2.25. The number of hydrogen-bond donors (Lipinski definition) is 1. The molecule has 0 bridgehead atoms. The summed E-state index contributed by atoms with van der Waals surface area (Å²) in [6.07, 6.45) is 0.164. The van der Waals surface area contributed by atoms with Crippen LogP contribution in [0.4, 0.5) is 0 Å². The first kappa shape index (κ1) is 10.1. The van der Waals surface area contributed by atoms with Gasteiger partial charge in [-0.15, -0.1) is 5.10 Å². The van der Waals surface area contributed by atoms with Crippen molar-refractivity contribution < 1.29 is 18.3 Å². The van der Waals surface area contributed by atoms with Crippen molar-refractivity contribution >= 4 is 15.8 Å². The quantitative estimate of drug-likeness (QED) is 0.661. The molecule has 0 unspecified atom stereocenters. The summed E-state index contributed by atoms with van der Waals surface area (Å²) in [7, 11) is -3.08. The van der Waals surface area contributed by atoms with E-state index in [1.165, 1.54) is 4.68 Å². The zero-order valence-corrected chi connectivity index (χ0v) is 8.57. The Hall–Kier alpha value is -1.44. The summed E-state index contributed by atoms with van der Waals surface area (Å²) >= 11 is 0. The Labute approximate surface area is 85.6 Å². The zero-order valence-electron chi connectivity index (χ0n) is 7.75. The molecular formula is C7H9N3O4S. The van der Waals surface area contributed by atoms with E-state index < -0.39 is 15.8 Å². The topological polar surface area (TPSA) is 102 Å². The van der Waals surface area contributed by atoms with Crippen molar-refractivity contribution in [2.45, 2.75) is 13.0 Å². The maximum atomic E-state index is 11.3. The Kier molecular flexibility index (Phi) is 2.22. The summed E-state index contributed by atoms with van der Waals surface area (Å²) in [6, 6.07) is 0. The van der Waals surface area contributed by atoms with Gasteiger partial charge in [0.1, 0.15) is 0 Å². The molecular weight excluding hydrogens is 222 g/mol. The third kappa shape index (κ3) is 1.84. The van der Waals surface area contributed by atoms with Gasteiger partial charge in [0, 0.05) is 6.42 Å². The van der Waals surface area contributed by atoms with E-state index in [1.807, 2.05) is 0 Å². The van der Waals surface area contributed by atoms with Crippen LogP contribution in [0.3, 0.4) is 0 Å². The Morgan fingerprint density at radius 3 is 2.80 bits per heavy atom. The molecule has 7 nitrogen and oxygen atoms in total. The minimum atomic E-state index is -3.08. The van der Waals surface area contributed by atoms with Gasteiger partial charge in [-0.1, -0.05) is 5.21 Å². The Morgan fingerprint density at radius 2 is 2.13 bits per heavy atom. The molecule has 82 valence electrons. The number of carboxylic acids is 1. The second-order valence-electron chi connectivity index (χ2n) is 3.31. The lowest BCUT2D eigenvalue weighted by atomic mass is 10.2. The first-order chi connectivity index (χ1) is 6.99. The van der Waals surface area contributed by atoms with E-state index in [-0.39, 0.29) is 30.2 Å². The van der Waals surface area contributed by atoms with Gasteiger partial charge in [-0.3, -0.25) is 0 Å². The van der Waals surface area contributed by atoms with Gasteiger partial charge in [0.15, 0.2) is 15.5 Å². The molecule has 0 saturated heterocycles. The van der Waals surface area contributed by atoms with E-state index in [1.54, 1.807) is 0 Å². The second-order valence-corrected chi connectivity index (χ2v) is 5.62. The monoisotopic (exact) mass is 231 g/mol. The third-order valence-electron chi connectivity index (χ3n) is 2.30. The normalized spacial score (nSPS) is 19.2. The highest BCUT2D eigenvalue weighted by atomic mass is 32.2. The van der Waals surface area contributed by atoms with Crippen molar-refractivity contribution in [3.63, 3.8) is 0 Å². The fourth-order valence-electron chi connectivity index (χ4n) is 1.51. The molecule has 0 spiro atoms. The molecule has 15 heavy (non-hydrogen) atoms. The molecule has 2 heterocycles. The number of aromatic nitrogens is 3. The molecule has 8 heteroatoms. The minimum absolute atomic E-state index is 0.0115. The van der Waals surface area contributed by atoms with E-state index in [9.17, 15) is 13.2 Å². The van der Waals surface area contributed by atoms with Crippen LogP contribution in [0, 0.1) is 0 Å². The molecule has 0 atom stereocenters. The van der Waals surface area contributed by atoms with Crippen LogP contribution < -0.4 is 0 Å². The summed E-state index contributed by atoms with van der Waals surface area (Å²) in [6.45, 7) is 0.179. The number of aromatic carboxylic acids is 1. The lowest BCUT2D eigenvalue weighted by molar-refractivity contribution is 0.0689. The SMILES string of the molecule is O=C(O)c1nnn2c1CCS(=O)(=O)CC2. The van der Waals surface area contributed by atoms with Gasteiger partial charge in [0.2, 0.25) is 0 Å². The number of rotatable bonds is 1. The largest absolute Gasteiger partial charge is 0.476 e. The van der Waals surface area contributed by atoms with Gasteiger partial charge >= 0.3 is 5.97 Å². The van der Waals surface area contributed by atoms with Crippen LogP contribution in [0.15, 0.2) is 0 Å². The highest BCUT2D eigenvalue weighted by molar-refractivity contribution is 7.91. The Bertz CT molecular complexity index is 504. The maximum Gasteiger partial charge on any atom is 0.358 e. The summed E-state index contributed by atoms with van der Waals surface area (Å²) in [5.74, 6) is -1.22. The van der Waals surface area contributed by atoms with Gasteiger partial charge in [0.25, 0.3) is 0 Å². The van der Waals surface area contributed by atoms with Crippen LogP contribution in [-0.2, 0) is 22.8 Å². The molecule has 1 aliphatic rings. The fourth-order valence-corrected chi connectivity index (χ4v) is 2.67. The predicted octanol–water partition coefficient (Wildman–Crippen LogP) is -1.05. The molecule has 0 fully saturated rings. The van der Waals surface area contributed by atoms with Gasteiger partial charge < -0.3 is 5.11 Å². The van der Waals surface area contributed by atoms with E-state index in [4.69, 9.17) is 5.11 Å². The third-order valence-corrected chi connectivity index (χ3v) is 3.93. The van der Waals surface area contributed by atoms with Gasteiger partial charge in [-0.2, -0.15) is 0 Å². The standard InChI is InChI=1S/C7H9N3O4S/c11-7(12)6-5-1-3-15(13,14)4-2-10(5)9-8-6/h1-4H2,(H,11,12). The molecule has 0 aliphatic carbocycles. The molecule has 0 saturated carbocycles. The van der Waals surface area contributed by atoms with Crippen LogP contribution in [0.2, 0.25) is 0 Å². The average molecular weight is 231 g/mol. The lowest BCUT2D eigenvalue weighted by Gasteiger charge is -1.97.